The van der Waals surface area contributed by atoms with E-state index < -0.39 is 12.5 Å². The number of rotatable bonds is 8. The van der Waals surface area contributed by atoms with Crippen LogP contribution in [0.5, 0.6) is 17.2 Å². The Morgan fingerprint density at radius 1 is 0.941 bits per heavy atom. The van der Waals surface area contributed by atoms with E-state index in [1.54, 1.807) is 29.1 Å². The third kappa shape index (κ3) is 4.98. The molecule has 0 fully saturated rings. The monoisotopic (exact) mass is 465 g/mol. The van der Waals surface area contributed by atoms with E-state index in [-0.39, 0.29) is 5.75 Å². The number of alkyl halides is 2. The zero-order valence-electron chi connectivity index (χ0n) is 18.4. The molecule has 34 heavy (non-hydrogen) atoms. The molecule has 0 aliphatic carbocycles. The second-order valence-electron chi connectivity index (χ2n) is 7.10. The molecule has 0 saturated heterocycles. The van der Waals surface area contributed by atoms with Crippen LogP contribution in [0, 0.1) is 0 Å². The Kier molecular flexibility index (Phi) is 6.72. The summed E-state index contributed by atoms with van der Waals surface area (Å²) >= 11 is 0. The highest BCUT2D eigenvalue weighted by molar-refractivity contribution is 6.08. The number of nitrogens with one attached hydrogen (secondary N) is 1. The van der Waals surface area contributed by atoms with Gasteiger partial charge in [-0.1, -0.05) is 18.2 Å². The molecule has 4 rings (SSSR count). The molecular formula is C25H21F2N3O4. The van der Waals surface area contributed by atoms with E-state index in [0.717, 1.165) is 5.69 Å². The summed E-state index contributed by atoms with van der Waals surface area (Å²) in [6, 6.07) is 20.3. The van der Waals surface area contributed by atoms with Crippen molar-refractivity contribution in [1.82, 2.24) is 9.78 Å². The van der Waals surface area contributed by atoms with Crippen LogP contribution in [-0.2, 0) is 0 Å². The molecule has 9 heteroatoms. The number of anilines is 1. The fourth-order valence-electron chi connectivity index (χ4n) is 3.37. The number of benzene rings is 3. The second-order valence-corrected chi connectivity index (χ2v) is 7.10. The highest BCUT2D eigenvalue weighted by Gasteiger charge is 2.20. The summed E-state index contributed by atoms with van der Waals surface area (Å²) in [4.78, 5) is 13.2. The summed E-state index contributed by atoms with van der Waals surface area (Å²) in [5.74, 6) is 0.617. The average molecular weight is 465 g/mol. The lowest BCUT2D eigenvalue weighted by Gasteiger charge is -2.10. The molecule has 4 aromatic rings. The van der Waals surface area contributed by atoms with Gasteiger partial charge >= 0.3 is 6.61 Å². The first-order valence-corrected chi connectivity index (χ1v) is 10.2. The molecule has 0 atom stereocenters. The van der Waals surface area contributed by atoms with Crippen molar-refractivity contribution in [1.29, 1.82) is 0 Å². The highest BCUT2D eigenvalue weighted by Crippen LogP contribution is 2.33. The molecule has 1 amide bonds. The fraction of sp³-hybridized carbons (Fsp3) is 0.120. The third-order valence-electron chi connectivity index (χ3n) is 4.97. The predicted octanol–water partition coefficient (Wildman–Crippen LogP) is 5.41. The number of ether oxygens (including phenoxy) is 3. The Balaban J connectivity index is 1.70. The molecule has 174 valence electrons. The quantitative estimate of drug-likeness (QED) is 0.377. The zero-order chi connectivity index (χ0) is 24.1. The van der Waals surface area contributed by atoms with Crippen LogP contribution in [0.2, 0.25) is 0 Å². The number of para-hydroxylation sites is 1. The summed E-state index contributed by atoms with van der Waals surface area (Å²) in [5.41, 5.74) is 2.58. The van der Waals surface area contributed by atoms with Crippen molar-refractivity contribution >= 4 is 11.6 Å². The van der Waals surface area contributed by atoms with Crippen LogP contribution < -0.4 is 19.5 Å². The number of halogens is 2. The molecule has 0 aliphatic heterocycles. The van der Waals surface area contributed by atoms with E-state index >= 15 is 0 Å². The van der Waals surface area contributed by atoms with Crippen molar-refractivity contribution in [3.8, 4) is 34.2 Å². The first-order chi connectivity index (χ1) is 16.5. The van der Waals surface area contributed by atoms with Crippen LogP contribution in [0.4, 0.5) is 14.5 Å². The number of nitrogens with zero attached hydrogens (tertiary/aromatic N) is 2. The molecule has 0 spiro atoms. The van der Waals surface area contributed by atoms with Gasteiger partial charge in [0, 0.05) is 17.4 Å². The minimum absolute atomic E-state index is 0.00378. The van der Waals surface area contributed by atoms with Gasteiger partial charge in [0.25, 0.3) is 5.91 Å². The maximum atomic E-state index is 13.2. The highest BCUT2D eigenvalue weighted by atomic mass is 19.3. The fourth-order valence-corrected chi connectivity index (χ4v) is 3.37. The number of aromatic nitrogens is 2. The zero-order valence-corrected chi connectivity index (χ0v) is 18.4. The van der Waals surface area contributed by atoms with E-state index in [2.05, 4.69) is 15.2 Å². The second kappa shape index (κ2) is 10.0. The van der Waals surface area contributed by atoms with E-state index in [1.165, 1.54) is 38.5 Å². The van der Waals surface area contributed by atoms with Gasteiger partial charge in [-0.05, 0) is 54.6 Å². The summed E-state index contributed by atoms with van der Waals surface area (Å²) in [6.07, 6.45) is 1.63. The summed E-state index contributed by atoms with van der Waals surface area (Å²) < 4.78 is 41.4. The Morgan fingerprint density at radius 3 is 2.29 bits per heavy atom. The Labute approximate surface area is 194 Å². The molecular weight excluding hydrogens is 444 g/mol. The number of carbonyl (C=O) groups is 1. The number of carbonyl (C=O) groups excluding carboxylic acids is 1. The van der Waals surface area contributed by atoms with E-state index in [9.17, 15) is 13.6 Å². The lowest BCUT2D eigenvalue weighted by atomic mass is 10.1. The van der Waals surface area contributed by atoms with Crippen LogP contribution in [0.3, 0.4) is 0 Å². The summed E-state index contributed by atoms with van der Waals surface area (Å²) in [6.45, 7) is -2.92. The topological polar surface area (TPSA) is 74.6 Å². The van der Waals surface area contributed by atoms with Gasteiger partial charge in [-0.2, -0.15) is 13.9 Å². The van der Waals surface area contributed by atoms with Crippen molar-refractivity contribution in [3.63, 3.8) is 0 Å². The largest absolute Gasteiger partial charge is 0.493 e. The lowest BCUT2D eigenvalue weighted by molar-refractivity contribution is -0.0498. The molecule has 1 aromatic heterocycles. The first-order valence-electron chi connectivity index (χ1n) is 10.2. The van der Waals surface area contributed by atoms with E-state index in [0.29, 0.717) is 34.0 Å². The van der Waals surface area contributed by atoms with Gasteiger partial charge in [0.1, 0.15) is 11.4 Å². The summed E-state index contributed by atoms with van der Waals surface area (Å²) in [5, 5.41) is 7.42. The molecule has 0 saturated carbocycles. The van der Waals surface area contributed by atoms with Crippen molar-refractivity contribution in [2.75, 3.05) is 19.5 Å². The maximum Gasteiger partial charge on any atom is 0.387 e. The van der Waals surface area contributed by atoms with Gasteiger partial charge < -0.3 is 19.5 Å². The molecule has 7 nitrogen and oxygen atoms in total. The molecule has 3 aromatic carbocycles. The molecule has 1 heterocycles. The number of hydrogen-bond donors (Lipinski definition) is 1. The van der Waals surface area contributed by atoms with Crippen LogP contribution in [0.15, 0.2) is 79.0 Å². The van der Waals surface area contributed by atoms with Gasteiger partial charge in [-0.25, -0.2) is 4.68 Å². The number of hydrogen-bond acceptors (Lipinski definition) is 5. The minimum Gasteiger partial charge on any atom is -0.493 e. The van der Waals surface area contributed by atoms with Crippen molar-refractivity contribution in [2.45, 2.75) is 6.61 Å². The normalized spacial score (nSPS) is 10.7. The lowest BCUT2D eigenvalue weighted by Crippen LogP contribution is -2.12. The van der Waals surface area contributed by atoms with Crippen LogP contribution in [0.25, 0.3) is 16.9 Å². The van der Waals surface area contributed by atoms with Crippen molar-refractivity contribution in [3.05, 3.63) is 84.6 Å². The van der Waals surface area contributed by atoms with Crippen LogP contribution in [-0.4, -0.2) is 36.5 Å². The van der Waals surface area contributed by atoms with Gasteiger partial charge in [0.15, 0.2) is 11.5 Å². The number of amides is 1. The Hall–Kier alpha value is -4.40. The third-order valence-corrected chi connectivity index (χ3v) is 4.97. The molecule has 0 unspecified atom stereocenters. The Bertz CT molecular complexity index is 1280. The van der Waals surface area contributed by atoms with Crippen LogP contribution in [0.1, 0.15) is 10.4 Å². The van der Waals surface area contributed by atoms with Gasteiger partial charge in [-0.3, -0.25) is 4.79 Å². The minimum atomic E-state index is -2.92. The van der Waals surface area contributed by atoms with E-state index in [4.69, 9.17) is 9.47 Å². The molecule has 0 aliphatic rings. The molecule has 1 N–H and O–H groups in total. The Morgan fingerprint density at radius 2 is 1.65 bits per heavy atom. The first kappa shape index (κ1) is 22.8. The van der Waals surface area contributed by atoms with Crippen molar-refractivity contribution < 1.29 is 27.8 Å². The van der Waals surface area contributed by atoms with Crippen LogP contribution >= 0.6 is 0 Å². The molecule has 0 bridgehead atoms. The van der Waals surface area contributed by atoms with Crippen molar-refractivity contribution in [2.24, 2.45) is 0 Å². The smallest absolute Gasteiger partial charge is 0.387 e. The van der Waals surface area contributed by atoms with Gasteiger partial charge in [0.2, 0.25) is 0 Å². The number of methoxy groups -OCH3 is 2. The predicted molar refractivity (Wildman–Crippen MR) is 123 cm³/mol. The average Bonchev–Trinajstić information content (AvgIpc) is 3.31. The van der Waals surface area contributed by atoms with E-state index in [1.807, 2.05) is 30.3 Å². The summed E-state index contributed by atoms with van der Waals surface area (Å²) in [7, 11) is 3.07. The van der Waals surface area contributed by atoms with Gasteiger partial charge in [-0.15, -0.1) is 0 Å². The maximum absolute atomic E-state index is 13.2. The molecule has 0 radical (unpaired) electrons. The van der Waals surface area contributed by atoms with Gasteiger partial charge in [0.05, 0.1) is 25.5 Å². The SMILES string of the molecule is COc1ccc(-c2nn(-c3ccccc3)cc2C(=O)Nc2ccc(OC(F)F)cc2)cc1OC. The standard InChI is InChI=1S/C25H21F2N3O4/c1-32-21-13-8-16(14-22(21)33-2)23-20(15-30(29-23)18-6-4-3-5-7-18)24(31)28-17-9-11-19(12-10-17)34-25(26)27/h3-15,25H,1-2H3,(H,28,31).